The Labute approximate surface area is 74.6 Å². The van der Waals surface area contributed by atoms with Gasteiger partial charge in [0, 0.05) is 13.2 Å². The summed E-state index contributed by atoms with van der Waals surface area (Å²) in [7, 11) is 2.15. The van der Waals surface area contributed by atoms with Crippen LogP contribution in [0.3, 0.4) is 0 Å². The van der Waals surface area contributed by atoms with Crippen LogP contribution in [0.5, 0.6) is 0 Å². The number of nitrogens with zero attached hydrogens (tertiary/aromatic N) is 1. The van der Waals surface area contributed by atoms with E-state index in [9.17, 15) is 0 Å². The highest BCUT2D eigenvalue weighted by atomic mass is 15.5. The molecular weight excluding hydrogens is 148 g/mol. The molecule has 1 aliphatic carbocycles. The van der Waals surface area contributed by atoms with Crippen LogP contribution in [0.4, 0.5) is 0 Å². The van der Waals surface area contributed by atoms with E-state index in [1.807, 2.05) is 0 Å². The van der Waals surface area contributed by atoms with Crippen LogP contribution in [0.1, 0.15) is 32.6 Å². The second-order valence-corrected chi connectivity index (χ2v) is 3.94. The SMILES string of the molecule is CC[C@H]1CCCC2C1=CNN2C. The predicted octanol–water partition coefficient (Wildman–Crippen LogP) is 1.90. The summed E-state index contributed by atoms with van der Waals surface area (Å²) in [4.78, 5) is 0. The number of hydrazine groups is 1. The number of nitrogens with one attached hydrogen (secondary N) is 1. The van der Waals surface area contributed by atoms with Gasteiger partial charge in [0.1, 0.15) is 0 Å². The Bertz CT molecular complexity index is 198. The maximum Gasteiger partial charge on any atom is 0.0517 e. The number of rotatable bonds is 1. The van der Waals surface area contributed by atoms with Crippen LogP contribution < -0.4 is 5.43 Å². The van der Waals surface area contributed by atoms with E-state index in [2.05, 4.69) is 30.6 Å². The summed E-state index contributed by atoms with van der Waals surface area (Å²) >= 11 is 0. The lowest BCUT2D eigenvalue weighted by molar-refractivity contribution is 0.206. The molecular formula is C10H18N2. The molecule has 2 rings (SSSR count). The van der Waals surface area contributed by atoms with Gasteiger partial charge in [0.15, 0.2) is 0 Å². The first kappa shape index (κ1) is 8.11. The first-order valence-electron chi connectivity index (χ1n) is 5.02. The molecule has 0 spiro atoms. The maximum absolute atomic E-state index is 3.30. The van der Waals surface area contributed by atoms with E-state index in [1.54, 1.807) is 5.57 Å². The zero-order chi connectivity index (χ0) is 8.55. The second kappa shape index (κ2) is 3.09. The van der Waals surface area contributed by atoms with Crippen molar-refractivity contribution in [1.29, 1.82) is 0 Å². The van der Waals surface area contributed by atoms with Crippen LogP contribution >= 0.6 is 0 Å². The first-order chi connectivity index (χ1) is 5.83. The van der Waals surface area contributed by atoms with Gasteiger partial charge in [-0.15, -0.1) is 0 Å². The highest BCUT2D eigenvalue weighted by Crippen LogP contribution is 2.35. The van der Waals surface area contributed by atoms with E-state index in [1.165, 1.54) is 25.7 Å². The number of fused-ring (bicyclic) bond motifs is 1. The average molecular weight is 166 g/mol. The van der Waals surface area contributed by atoms with Crippen molar-refractivity contribution in [3.8, 4) is 0 Å². The fourth-order valence-corrected chi connectivity index (χ4v) is 2.50. The van der Waals surface area contributed by atoms with E-state index in [-0.39, 0.29) is 0 Å². The Morgan fingerprint density at radius 1 is 1.58 bits per heavy atom. The fourth-order valence-electron chi connectivity index (χ4n) is 2.50. The van der Waals surface area contributed by atoms with E-state index >= 15 is 0 Å². The van der Waals surface area contributed by atoms with Crippen molar-refractivity contribution in [3.05, 3.63) is 11.8 Å². The van der Waals surface area contributed by atoms with E-state index < -0.39 is 0 Å². The molecule has 2 nitrogen and oxygen atoms in total. The molecule has 12 heavy (non-hydrogen) atoms. The van der Waals surface area contributed by atoms with Gasteiger partial charge in [0.25, 0.3) is 0 Å². The fraction of sp³-hybridized carbons (Fsp3) is 0.800. The molecule has 1 unspecified atom stereocenters. The van der Waals surface area contributed by atoms with Gasteiger partial charge in [-0.1, -0.05) is 13.3 Å². The molecule has 2 heteroatoms. The zero-order valence-corrected chi connectivity index (χ0v) is 8.01. The predicted molar refractivity (Wildman–Crippen MR) is 50.4 cm³/mol. The molecule has 1 N–H and O–H groups in total. The third kappa shape index (κ3) is 1.14. The normalized spacial score (nSPS) is 35.7. The van der Waals surface area contributed by atoms with Crippen molar-refractivity contribution >= 4 is 0 Å². The highest BCUT2D eigenvalue weighted by molar-refractivity contribution is 5.19. The molecule has 0 radical (unpaired) electrons. The lowest BCUT2D eigenvalue weighted by atomic mass is 9.80. The van der Waals surface area contributed by atoms with Gasteiger partial charge in [0.2, 0.25) is 0 Å². The summed E-state index contributed by atoms with van der Waals surface area (Å²) in [5, 5.41) is 2.25. The van der Waals surface area contributed by atoms with Gasteiger partial charge in [-0.3, -0.25) is 0 Å². The zero-order valence-electron chi connectivity index (χ0n) is 8.01. The second-order valence-electron chi connectivity index (χ2n) is 3.94. The van der Waals surface area contributed by atoms with Gasteiger partial charge in [-0.05, 0) is 30.8 Å². The lowest BCUT2D eigenvalue weighted by Gasteiger charge is -2.31. The van der Waals surface area contributed by atoms with Crippen LogP contribution in [-0.2, 0) is 0 Å². The lowest BCUT2D eigenvalue weighted by Crippen LogP contribution is -2.37. The first-order valence-corrected chi connectivity index (χ1v) is 5.02. The van der Waals surface area contributed by atoms with E-state index in [0.717, 1.165) is 5.92 Å². The molecule has 0 amide bonds. The molecule has 0 saturated heterocycles. The molecule has 2 aliphatic rings. The van der Waals surface area contributed by atoms with Crippen molar-refractivity contribution in [3.63, 3.8) is 0 Å². The Kier molecular flexibility index (Phi) is 2.09. The highest BCUT2D eigenvalue weighted by Gasteiger charge is 2.32. The summed E-state index contributed by atoms with van der Waals surface area (Å²) < 4.78 is 0. The van der Waals surface area contributed by atoms with Crippen LogP contribution in [-0.4, -0.2) is 18.1 Å². The minimum Gasteiger partial charge on any atom is -0.326 e. The molecule has 1 saturated carbocycles. The van der Waals surface area contributed by atoms with Crippen LogP contribution in [0.2, 0.25) is 0 Å². The maximum atomic E-state index is 3.30. The van der Waals surface area contributed by atoms with E-state index in [0.29, 0.717) is 6.04 Å². The van der Waals surface area contributed by atoms with Crippen LogP contribution in [0.15, 0.2) is 11.8 Å². The molecule has 2 atom stereocenters. The molecule has 0 aromatic carbocycles. The van der Waals surface area contributed by atoms with Gasteiger partial charge in [-0.25, -0.2) is 5.01 Å². The number of likely N-dealkylation sites (N-methyl/N-ethyl adjacent to an activating group) is 1. The third-order valence-electron chi connectivity index (χ3n) is 3.28. The smallest absolute Gasteiger partial charge is 0.0517 e. The summed E-state index contributed by atoms with van der Waals surface area (Å²) in [5.41, 5.74) is 4.94. The minimum atomic E-state index is 0.698. The summed E-state index contributed by atoms with van der Waals surface area (Å²) in [6.45, 7) is 2.30. The third-order valence-corrected chi connectivity index (χ3v) is 3.28. The molecule has 1 heterocycles. The molecule has 1 aliphatic heterocycles. The topological polar surface area (TPSA) is 15.3 Å². The summed E-state index contributed by atoms with van der Waals surface area (Å²) in [6.07, 6.45) is 7.66. The van der Waals surface area contributed by atoms with Gasteiger partial charge in [0.05, 0.1) is 6.04 Å². The molecule has 68 valence electrons. The van der Waals surface area contributed by atoms with Crippen molar-refractivity contribution in [2.75, 3.05) is 7.05 Å². The largest absolute Gasteiger partial charge is 0.326 e. The summed E-state index contributed by atoms with van der Waals surface area (Å²) in [5.74, 6) is 0.848. The number of hydrogen-bond donors (Lipinski definition) is 1. The van der Waals surface area contributed by atoms with Crippen LogP contribution in [0, 0.1) is 5.92 Å². The quantitative estimate of drug-likeness (QED) is 0.640. The monoisotopic (exact) mass is 166 g/mol. The van der Waals surface area contributed by atoms with Crippen molar-refractivity contribution in [1.82, 2.24) is 10.4 Å². The molecule has 1 fully saturated rings. The standard InChI is InChI=1S/C10H18N2/c1-3-8-5-4-6-10-9(8)7-11-12(10)2/h7-8,10-11H,3-6H2,1-2H3/t8-,10?/m0/s1. The Balaban J connectivity index is 2.13. The van der Waals surface area contributed by atoms with Gasteiger partial charge >= 0.3 is 0 Å². The van der Waals surface area contributed by atoms with Crippen LogP contribution in [0.25, 0.3) is 0 Å². The minimum absolute atomic E-state index is 0.698. The van der Waals surface area contributed by atoms with Crippen molar-refractivity contribution in [2.45, 2.75) is 38.6 Å². The van der Waals surface area contributed by atoms with Crippen molar-refractivity contribution in [2.24, 2.45) is 5.92 Å². The Morgan fingerprint density at radius 2 is 2.42 bits per heavy atom. The van der Waals surface area contributed by atoms with Gasteiger partial charge in [-0.2, -0.15) is 0 Å². The molecule has 0 bridgehead atoms. The number of hydrogen-bond acceptors (Lipinski definition) is 2. The van der Waals surface area contributed by atoms with E-state index in [4.69, 9.17) is 0 Å². The Morgan fingerprint density at radius 3 is 3.17 bits per heavy atom. The summed E-state index contributed by atoms with van der Waals surface area (Å²) in [6, 6.07) is 0.698. The van der Waals surface area contributed by atoms with Gasteiger partial charge < -0.3 is 5.43 Å². The van der Waals surface area contributed by atoms with Crippen molar-refractivity contribution < 1.29 is 0 Å². The Hall–Kier alpha value is -0.500. The average Bonchev–Trinajstić information content (AvgIpc) is 2.48. The molecule has 0 aromatic heterocycles. The molecule has 0 aromatic rings.